The molecule has 0 N–H and O–H groups in total. The van der Waals surface area contributed by atoms with Gasteiger partial charge in [-0.3, -0.25) is 4.57 Å². The van der Waals surface area contributed by atoms with Crippen LogP contribution in [-0.4, -0.2) is 6.16 Å². The third-order valence-corrected chi connectivity index (χ3v) is 3.63. The number of hydrogen-bond acceptors (Lipinski definition) is 2. The monoisotopic (exact) mass is 253 g/mol. The number of hydrogen-bond donors (Lipinski definition) is 0. The van der Waals surface area contributed by atoms with Gasteiger partial charge in [-0.05, 0) is 11.1 Å². The molecule has 0 fully saturated rings. The van der Waals surface area contributed by atoms with E-state index in [1.54, 1.807) is 0 Å². The van der Waals surface area contributed by atoms with Crippen molar-refractivity contribution in [1.29, 1.82) is 5.26 Å². The summed E-state index contributed by atoms with van der Waals surface area (Å²) in [6, 6.07) is 21.4. The molecule has 0 amide bonds. The Kier molecular flexibility index (Phi) is 3.87. The van der Waals surface area contributed by atoms with Crippen molar-refractivity contribution in [3.63, 3.8) is 0 Å². The molecule has 0 atom stereocenters. The molecule has 2 nitrogen and oxygen atoms in total. The van der Waals surface area contributed by atoms with Crippen molar-refractivity contribution in [3.05, 3.63) is 71.8 Å². The highest BCUT2D eigenvalue weighted by atomic mass is 31.1. The molecule has 0 radical (unpaired) electrons. The van der Waals surface area contributed by atoms with Crippen LogP contribution in [0, 0.1) is 11.3 Å². The fraction of sp³-hybridized carbons (Fsp3) is 0.133. The first kappa shape index (κ1) is 12.5. The minimum absolute atomic E-state index is 0.0276. The van der Waals surface area contributed by atoms with Gasteiger partial charge >= 0.3 is 0 Å². The summed E-state index contributed by atoms with van der Waals surface area (Å²) in [4.78, 5) is 0. The molecule has 0 spiro atoms. The van der Waals surface area contributed by atoms with Crippen LogP contribution in [0.1, 0.15) is 11.1 Å². The minimum Gasteiger partial charge on any atom is -0.275 e. The average molecular weight is 253 g/mol. The molecule has 0 aliphatic heterocycles. The van der Waals surface area contributed by atoms with Gasteiger partial charge < -0.3 is 0 Å². The molecule has 0 bridgehead atoms. The molecule has 0 saturated carbocycles. The number of nitrogens with zero attached hydrogens (tertiary/aromatic N) is 1. The second kappa shape index (κ2) is 5.58. The largest absolute Gasteiger partial charge is 0.275 e. The van der Waals surface area contributed by atoms with E-state index in [0.717, 1.165) is 11.1 Å². The fourth-order valence-corrected chi connectivity index (χ4v) is 2.69. The molecule has 2 rings (SSSR count). The van der Waals surface area contributed by atoms with Gasteiger partial charge in [-0.2, -0.15) is 5.26 Å². The third-order valence-electron chi connectivity index (χ3n) is 3.03. The maximum Gasteiger partial charge on any atom is 0.157 e. The van der Waals surface area contributed by atoms with E-state index in [4.69, 9.17) is 0 Å². The van der Waals surface area contributed by atoms with Crippen LogP contribution in [0.3, 0.4) is 0 Å². The Hall–Kier alpha value is -1.97. The molecule has 0 unspecified atom stereocenters. The van der Waals surface area contributed by atoms with Crippen molar-refractivity contribution in [3.8, 4) is 6.07 Å². The molecule has 0 heterocycles. The second-order valence-electron chi connectivity index (χ2n) is 4.04. The van der Waals surface area contributed by atoms with E-state index in [1.165, 1.54) is 0 Å². The lowest BCUT2D eigenvalue weighted by atomic mass is 9.77. The van der Waals surface area contributed by atoms with Crippen LogP contribution >= 0.6 is 8.46 Å². The summed E-state index contributed by atoms with van der Waals surface area (Å²) < 4.78 is 11.1. The molecule has 3 heteroatoms. The Balaban J connectivity index is 2.62. The Morgan fingerprint density at radius 1 is 0.944 bits per heavy atom. The van der Waals surface area contributed by atoms with Gasteiger partial charge in [-0.1, -0.05) is 60.7 Å². The van der Waals surface area contributed by atoms with E-state index in [0.29, 0.717) is 0 Å². The third kappa shape index (κ3) is 2.18. The normalized spacial score (nSPS) is 11.1. The van der Waals surface area contributed by atoms with Crippen LogP contribution in [0.4, 0.5) is 0 Å². The lowest BCUT2D eigenvalue weighted by Gasteiger charge is -2.25. The topological polar surface area (TPSA) is 40.9 Å². The lowest BCUT2D eigenvalue weighted by Crippen LogP contribution is -2.27. The van der Waals surface area contributed by atoms with Crippen LogP contribution in [0.2, 0.25) is 0 Å². The Labute approximate surface area is 108 Å². The second-order valence-corrected chi connectivity index (χ2v) is 4.61. The summed E-state index contributed by atoms with van der Waals surface area (Å²) in [5.41, 5.74) is 0.912. The van der Waals surface area contributed by atoms with Gasteiger partial charge in [0.1, 0.15) is 5.41 Å². The molecular formula is C15H12NOP. The predicted octanol–water partition coefficient (Wildman–Crippen LogP) is 3.79. The van der Waals surface area contributed by atoms with Crippen molar-refractivity contribution < 1.29 is 4.57 Å². The summed E-state index contributed by atoms with van der Waals surface area (Å²) in [5, 5.41) is 9.62. The average Bonchev–Trinajstić information content (AvgIpc) is 2.47. The Morgan fingerprint density at radius 2 is 1.39 bits per heavy atom. The molecule has 88 valence electrons. The van der Waals surface area contributed by atoms with Crippen molar-refractivity contribution in [2.24, 2.45) is 0 Å². The molecule has 2 aromatic carbocycles. The maximum absolute atomic E-state index is 11.1. The van der Waals surface area contributed by atoms with E-state index in [1.807, 2.05) is 60.7 Å². The van der Waals surface area contributed by atoms with Crippen LogP contribution in [-0.2, 0) is 9.98 Å². The predicted molar refractivity (Wildman–Crippen MR) is 71.8 cm³/mol. The summed E-state index contributed by atoms with van der Waals surface area (Å²) in [6.45, 7) is 0. The smallest absolute Gasteiger partial charge is 0.157 e. The maximum atomic E-state index is 11.1. The zero-order valence-corrected chi connectivity index (χ0v) is 10.7. The first-order chi connectivity index (χ1) is 8.83. The Morgan fingerprint density at radius 3 is 1.72 bits per heavy atom. The van der Waals surface area contributed by atoms with Gasteiger partial charge in [0.05, 0.1) is 12.2 Å². The number of benzene rings is 2. The summed E-state index contributed by atoms with van der Waals surface area (Å²) in [5.74, 6) is 0. The molecule has 2 aromatic rings. The van der Waals surface area contributed by atoms with E-state index in [9.17, 15) is 9.83 Å². The highest BCUT2D eigenvalue weighted by Gasteiger charge is 2.34. The van der Waals surface area contributed by atoms with E-state index in [2.05, 4.69) is 6.07 Å². The first-order valence-electron chi connectivity index (χ1n) is 5.65. The van der Waals surface area contributed by atoms with E-state index < -0.39 is 5.41 Å². The van der Waals surface area contributed by atoms with Gasteiger partial charge in [0, 0.05) is 0 Å². The molecule has 0 saturated heterocycles. The fourth-order valence-electron chi connectivity index (χ4n) is 2.06. The van der Waals surface area contributed by atoms with Crippen molar-refractivity contribution >= 4 is 8.46 Å². The van der Waals surface area contributed by atoms with E-state index in [-0.39, 0.29) is 14.6 Å². The SMILES string of the molecule is N#CC(CP=O)(c1ccccc1)c1ccccc1. The quantitative estimate of drug-likeness (QED) is 0.778. The van der Waals surface area contributed by atoms with Crippen LogP contribution in [0.25, 0.3) is 0 Å². The van der Waals surface area contributed by atoms with Crippen LogP contribution in [0.5, 0.6) is 0 Å². The van der Waals surface area contributed by atoms with Gasteiger partial charge in [-0.25, -0.2) is 0 Å². The van der Waals surface area contributed by atoms with Crippen molar-refractivity contribution in [1.82, 2.24) is 0 Å². The zero-order valence-electron chi connectivity index (χ0n) is 9.78. The van der Waals surface area contributed by atoms with Gasteiger partial charge in [0.25, 0.3) is 0 Å². The summed E-state index contributed by atoms with van der Waals surface area (Å²) in [7, 11) is -0.0276. The Bertz CT molecular complexity index is 521. The van der Waals surface area contributed by atoms with Crippen LogP contribution < -0.4 is 0 Å². The van der Waals surface area contributed by atoms with E-state index >= 15 is 0 Å². The van der Waals surface area contributed by atoms with Crippen molar-refractivity contribution in [2.75, 3.05) is 6.16 Å². The van der Waals surface area contributed by atoms with Gasteiger partial charge in [-0.15, -0.1) is 0 Å². The molecular weight excluding hydrogens is 241 g/mol. The number of rotatable bonds is 4. The minimum atomic E-state index is -0.841. The molecule has 0 aliphatic carbocycles. The zero-order chi connectivity index (χ0) is 12.8. The highest BCUT2D eigenvalue weighted by molar-refractivity contribution is 7.23. The molecule has 0 aromatic heterocycles. The lowest BCUT2D eigenvalue weighted by molar-refractivity contribution is 0.591. The van der Waals surface area contributed by atoms with Crippen LogP contribution in [0.15, 0.2) is 60.7 Å². The van der Waals surface area contributed by atoms with Crippen molar-refractivity contribution in [2.45, 2.75) is 5.41 Å². The summed E-state index contributed by atoms with van der Waals surface area (Å²) in [6.07, 6.45) is 0.261. The summed E-state index contributed by atoms with van der Waals surface area (Å²) >= 11 is 0. The van der Waals surface area contributed by atoms with Gasteiger partial charge in [0.15, 0.2) is 8.46 Å². The first-order valence-corrected chi connectivity index (χ1v) is 6.64. The molecule has 18 heavy (non-hydrogen) atoms. The van der Waals surface area contributed by atoms with Gasteiger partial charge in [0.2, 0.25) is 0 Å². The standard InChI is InChI=1S/C15H12NOP/c16-11-15(12-18-17,13-7-3-1-4-8-13)14-9-5-2-6-10-14/h1-10H,12H2. The molecule has 0 aliphatic rings. The highest BCUT2D eigenvalue weighted by Crippen LogP contribution is 2.34. The number of nitriles is 1.